The number of nitrogens with zero attached hydrogens (tertiary/aromatic N) is 2. The van der Waals surface area contributed by atoms with Crippen molar-refractivity contribution in [3.8, 4) is 33.8 Å². The van der Waals surface area contributed by atoms with Crippen molar-refractivity contribution >= 4 is 17.2 Å². The predicted octanol–water partition coefficient (Wildman–Crippen LogP) is 7.16. The molecule has 0 spiro atoms. The van der Waals surface area contributed by atoms with Crippen molar-refractivity contribution in [1.82, 2.24) is 9.78 Å². The second-order valence-electron chi connectivity index (χ2n) is 8.63. The van der Waals surface area contributed by atoms with Gasteiger partial charge in [-0.25, -0.2) is 4.68 Å². The van der Waals surface area contributed by atoms with Crippen LogP contribution >= 0.6 is 0 Å². The Balaban J connectivity index is 1.79. The Kier molecular flexibility index (Phi) is 5.98. The lowest BCUT2D eigenvalue weighted by molar-refractivity contribution is 0.415. The summed E-state index contributed by atoms with van der Waals surface area (Å²) in [6.45, 7) is 4.17. The van der Waals surface area contributed by atoms with E-state index in [0.29, 0.717) is 5.69 Å². The minimum atomic E-state index is 0.655. The summed E-state index contributed by atoms with van der Waals surface area (Å²) in [7, 11) is 1.67. The van der Waals surface area contributed by atoms with Crippen molar-refractivity contribution in [2.45, 2.75) is 13.8 Å². The van der Waals surface area contributed by atoms with Gasteiger partial charge < -0.3 is 15.8 Å². The summed E-state index contributed by atoms with van der Waals surface area (Å²) < 4.78 is 7.34. The van der Waals surface area contributed by atoms with Crippen molar-refractivity contribution in [1.29, 1.82) is 0 Å². The molecule has 0 atom stereocenters. The fraction of sp³-hybridized carbons (Fsp3) is 0.100. The third kappa shape index (κ3) is 4.49. The van der Waals surface area contributed by atoms with Gasteiger partial charge >= 0.3 is 0 Å². The largest absolute Gasteiger partial charge is 0.497 e. The van der Waals surface area contributed by atoms with Crippen LogP contribution in [-0.2, 0) is 0 Å². The lowest BCUT2D eigenvalue weighted by Gasteiger charge is -2.13. The highest BCUT2D eigenvalue weighted by Crippen LogP contribution is 2.41. The molecule has 1 heterocycles. The molecular weight excluding hydrogens is 432 g/mol. The van der Waals surface area contributed by atoms with Crippen molar-refractivity contribution in [3.05, 3.63) is 108 Å². The fourth-order valence-corrected chi connectivity index (χ4v) is 4.14. The molecule has 0 saturated heterocycles. The van der Waals surface area contributed by atoms with Crippen molar-refractivity contribution < 1.29 is 4.74 Å². The zero-order valence-corrected chi connectivity index (χ0v) is 20.1. The SMILES string of the molecule is COc1ccc(-c2c(-c3ccc(C)cc3)c(Nc3ccc(C)cc3)nn2-c2ccccc2N)cc1. The van der Waals surface area contributed by atoms with E-state index in [1.807, 2.05) is 41.1 Å². The summed E-state index contributed by atoms with van der Waals surface area (Å²) in [4.78, 5) is 0. The Hall–Kier alpha value is -4.51. The summed E-state index contributed by atoms with van der Waals surface area (Å²) in [5.74, 6) is 1.56. The molecule has 0 aliphatic carbocycles. The van der Waals surface area contributed by atoms with Gasteiger partial charge in [0.05, 0.1) is 29.7 Å². The highest BCUT2D eigenvalue weighted by atomic mass is 16.5. The van der Waals surface area contributed by atoms with Crippen LogP contribution in [0.25, 0.3) is 28.1 Å². The van der Waals surface area contributed by atoms with Gasteiger partial charge in [0.2, 0.25) is 0 Å². The van der Waals surface area contributed by atoms with Crippen LogP contribution in [0.1, 0.15) is 11.1 Å². The van der Waals surface area contributed by atoms with Gasteiger partial charge in [0.15, 0.2) is 5.82 Å². The Morgan fingerprint density at radius 1 is 0.743 bits per heavy atom. The number of benzene rings is 4. The first-order valence-corrected chi connectivity index (χ1v) is 11.6. The molecule has 5 rings (SSSR count). The maximum absolute atomic E-state index is 6.43. The second kappa shape index (κ2) is 9.39. The van der Waals surface area contributed by atoms with E-state index in [4.69, 9.17) is 15.6 Å². The number of methoxy groups -OCH3 is 1. The minimum Gasteiger partial charge on any atom is -0.497 e. The smallest absolute Gasteiger partial charge is 0.161 e. The standard InChI is InChI=1S/C30H28N4O/c1-20-8-12-22(13-9-20)28-29(23-14-18-25(35-3)19-15-23)34(27-7-5-4-6-26(27)31)33-30(28)32-24-16-10-21(2)11-17-24/h4-19H,31H2,1-3H3,(H,32,33). The lowest BCUT2D eigenvalue weighted by Crippen LogP contribution is -2.03. The summed E-state index contributed by atoms with van der Waals surface area (Å²) in [6, 6.07) is 32.7. The molecule has 0 aliphatic rings. The van der Waals surface area contributed by atoms with E-state index < -0.39 is 0 Å². The van der Waals surface area contributed by atoms with Gasteiger partial charge in [-0.15, -0.1) is 5.10 Å². The molecule has 5 heteroatoms. The zero-order chi connectivity index (χ0) is 24.4. The van der Waals surface area contributed by atoms with Gasteiger partial charge in [-0.2, -0.15) is 0 Å². The van der Waals surface area contributed by atoms with Gasteiger partial charge in [-0.3, -0.25) is 0 Å². The number of hydrogen-bond donors (Lipinski definition) is 2. The molecule has 5 nitrogen and oxygen atoms in total. The molecule has 3 N–H and O–H groups in total. The number of para-hydroxylation sites is 2. The van der Waals surface area contributed by atoms with Crippen LogP contribution in [0.2, 0.25) is 0 Å². The topological polar surface area (TPSA) is 65.1 Å². The van der Waals surface area contributed by atoms with Gasteiger partial charge in [0.25, 0.3) is 0 Å². The van der Waals surface area contributed by atoms with E-state index in [9.17, 15) is 0 Å². The fourth-order valence-electron chi connectivity index (χ4n) is 4.14. The lowest BCUT2D eigenvalue weighted by atomic mass is 9.99. The van der Waals surface area contributed by atoms with Gasteiger partial charge in [0.1, 0.15) is 5.75 Å². The molecule has 0 fully saturated rings. The van der Waals surface area contributed by atoms with E-state index in [0.717, 1.165) is 45.3 Å². The molecule has 0 unspecified atom stereocenters. The maximum Gasteiger partial charge on any atom is 0.161 e. The van der Waals surface area contributed by atoms with Crippen LogP contribution in [-0.4, -0.2) is 16.9 Å². The molecule has 0 bridgehead atoms. The quantitative estimate of drug-likeness (QED) is 0.264. The van der Waals surface area contributed by atoms with Crippen LogP contribution in [0, 0.1) is 13.8 Å². The van der Waals surface area contributed by atoms with Crippen molar-refractivity contribution in [3.63, 3.8) is 0 Å². The number of ether oxygens (including phenoxy) is 1. The molecule has 0 radical (unpaired) electrons. The number of anilines is 3. The van der Waals surface area contributed by atoms with Crippen LogP contribution in [0.3, 0.4) is 0 Å². The number of hydrogen-bond acceptors (Lipinski definition) is 4. The Bertz CT molecular complexity index is 1450. The van der Waals surface area contributed by atoms with E-state index in [1.165, 1.54) is 11.1 Å². The first kappa shape index (κ1) is 22.3. The third-order valence-electron chi connectivity index (χ3n) is 6.07. The number of nitrogens with one attached hydrogen (secondary N) is 1. The summed E-state index contributed by atoms with van der Waals surface area (Å²) in [5, 5.41) is 8.63. The molecular formula is C30H28N4O. The molecule has 5 aromatic rings. The van der Waals surface area contributed by atoms with Gasteiger partial charge in [-0.1, -0.05) is 59.7 Å². The molecule has 4 aromatic carbocycles. The molecule has 0 saturated carbocycles. The van der Waals surface area contributed by atoms with E-state index in [1.54, 1.807) is 7.11 Å². The maximum atomic E-state index is 6.43. The number of aryl methyl sites for hydroxylation is 2. The van der Waals surface area contributed by atoms with Crippen molar-refractivity contribution in [2.24, 2.45) is 0 Å². The van der Waals surface area contributed by atoms with E-state index >= 15 is 0 Å². The second-order valence-corrected chi connectivity index (χ2v) is 8.63. The number of nitrogen functional groups attached to an aromatic ring is 1. The molecule has 0 amide bonds. The van der Waals surface area contributed by atoms with Gasteiger partial charge in [0, 0.05) is 11.3 Å². The Morgan fingerprint density at radius 2 is 1.34 bits per heavy atom. The molecule has 0 aliphatic heterocycles. The van der Waals surface area contributed by atoms with E-state index in [2.05, 4.69) is 79.8 Å². The monoisotopic (exact) mass is 460 g/mol. The third-order valence-corrected chi connectivity index (χ3v) is 6.07. The molecule has 35 heavy (non-hydrogen) atoms. The van der Waals surface area contributed by atoms with Crippen LogP contribution in [0.5, 0.6) is 5.75 Å². The van der Waals surface area contributed by atoms with Gasteiger partial charge in [-0.05, 0) is 67.9 Å². The summed E-state index contributed by atoms with van der Waals surface area (Å²) in [6.07, 6.45) is 0. The average molecular weight is 461 g/mol. The first-order valence-electron chi connectivity index (χ1n) is 11.6. The summed E-state index contributed by atoms with van der Waals surface area (Å²) in [5.41, 5.74) is 15.3. The average Bonchev–Trinajstić information content (AvgIpc) is 3.25. The normalized spacial score (nSPS) is 10.8. The van der Waals surface area contributed by atoms with E-state index in [-0.39, 0.29) is 0 Å². The Morgan fingerprint density at radius 3 is 1.97 bits per heavy atom. The predicted molar refractivity (Wildman–Crippen MR) is 145 cm³/mol. The summed E-state index contributed by atoms with van der Waals surface area (Å²) >= 11 is 0. The number of rotatable bonds is 6. The number of nitrogens with two attached hydrogens (primary N) is 1. The highest BCUT2D eigenvalue weighted by molar-refractivity contribution is 5.92. The molecule has 1 aromatic heterocycles. The van der Waals surface area contributed by atoms with Crippen molar-refractivity contribution in [2.75, 3.05) is 18.2 Å². The van der Waals surface area contributed by atoms with Crippen LogP contribution in [0.15, 0.2) is 97.1 Å². The van der Waals surface area contributed by atoms with Crippen LogP contribution < -0.4 is 15.8 Å². The zero-order valence-electron chi connectivity index (χ0n) is 20.1. The highest BCUT2D eigenvalue weighted by Gasteiger charge is 2.23. The first-order chi connectivity index (χ1) is 17.0. The van der Waals surface area contributed by atoms with Crippen LogP contribution in [0.4, 0.5) is 17.2 Å². The number of aromatic nitrogens is 2. The molecule has 174 valence electrons. The Labute approximate surface area is 205 Å². The minimum absolute atomic E-state index is 0.655.